The average molecular weight is 403 g/mol. The zero-order valence-electron chi connectivity index (χ0n) is 17.4. The van der Waals surface area contributed by atoms with Crippen molar-refractivity contribution in [3.05, 3.63) is 65.4 Å². The average Bonchev–Trinajstić information content (AvgIpc) is 3.36. The molecule has 1 saturated carbocycles. The highest BCUT2D eigenvalue weighted by molar-refractivity contribution is 5.86. The van der Waals surface area contributed by atoms with Crippen LogP contribution in [0, 0.1) is 17.8 Å². The molecule has 0 radical (unpaired) electrons. The predicted octanol–water partition coefficient (Wildman–Crippen LogP) is 3.81. The van der Waals surface area contributed by atoms with Crippen LogP contribution in [0.2, 0.25) is 0 Å². The number of piperidine rings is 1. The molecule has 3 aliphatic rings. The van der Waals surface area contributed by atoms with Gasteiger partial charge < -0.3 is 19.7 Å². The number of nitrogens with zero attached hydrogens (tertiary/aromatic N) is 2. The lowest BCUT2D eigenvalue weighted by Crippen LogP contribution is -2.44. The van der Waals surface area contributed by atoms with Crippen molar-refractivity contribution < 1.29 is 10.2 Å². The Labute approximate surface area is 177 Å². The van der Waals surface area contributed by atoms with E-state index in [4.69, 9.17) is 0 Å². The summed E-state index contributed by atoms with van der Waals surface area (Å²) >= 11 is 0. The van der Waals surface area contributed by atoms with Crippen LogP contribution in [0.5, 0.6) is 5.75 Å². The second-order valence-electron chi connectivity index (χ2n) is 9.74. The number of phenols is 1. The maximum atomic E-state index is 9.93. The van der Waals surface area contributed by atoms with E-state index in [1.165, 1.54) is 36.1 Å². The summed E-state index contributed by atoms with van der Waals surface area (Å²) in [6, 6.07) is 16.5. The van der Waals surface area contributed by atoms with E-state index in [2.05, 4.69) is 39.8 Å². The van der Waals surface area contributed by atoms with Crippen molar-refractivity contribution in [2.75, 3.05) is 19.6 Å². The molecule has 2 fully saturated rings. The largest absolute Gasteiger partial charge is 0.508 e. The van der Waals surface area contributed by atoms with Gasteiger partial charge >= 0.3 is 0 Å². The highest BCUT2D eigenvalue weighted by atomic mass is 16.3. The number of aliphatic hydroxyl groups excluding tert-OH is 1. The Kier molecular flexibility index (Phi) is 4.39. The van der Waals surface area contributed by atoms with Gasteiger partial charge in [-0.2, -0.15) is 0 Å². The highest BCUT2D eigenvalue weighted by Gasteiger charge is 2.40. The molecule has 4 nitrogen and oxygen atoms in total. The van der Waals surface area contributed by atoms with Crippen molar-refractivity contribution in [1.82, 2.24) is 9.47 Å². The third kappa shape index (κ3) is 3.23. The molecule has 0 amide bonds. The molecule has 4 atom stereocenters. The molecule has 6 rings (SSSR count). The molecule has 1 aromatic heterocycles. The molecular formula is C26H30N2O2. The van der Waals surface area contributed by atoms with Gasteiger partial charge in [0, 0.05) is 36.2 Å². The number of hydrogen-bond acceptors (Lipinski definition) is 3. The Morgan fingerprint density at radius 2 is 1.87 bits per heavy atom. The minimum Gasteiger partial charge on any atom is -0.508 e. The Bertz CT molecular complexity index is 1090. The van der Waals surface area contributed by atoms with Gasteiger partial charge in [0.1, 0.15) is 5.75 Å². The van der Waals surface area contributed by atoms with E-state index in [0.717, 1.165) is 49.8 Å². The Hall–Kier alpha value is -2.30. The maximum absolute atomic E-state index is 9.93. The summed E-state index contributed by atoms with van der Waals surface area (Å²) in [6.45, 7) is 4.25. The molecule has 156 valence electrons. The number of para-hydroxylation sites is 1. The number of aliphatic hydroxyl groups is 1. The van der Waals surface area contributed by atoms with Gasteiger partial charge in [0.2, 0.25) is 0 Å². The van der Waals surface area contributed by atoms with Gasteiger partial charge in [0.15, 0.2) is 0 Å². The van der Waals surface area contributed by atoms with Gasteiger partial charge in [0.05, 0.1) is 6.10 Å². The minimum absolute atomic E-state index is 0.0453. The van der Waals surface area contributed by atoms with Crippen LogP contribution in [0.4, 0.5) is 0 Å². The van der Waals surface area contributed by atoms with Crippen molar-refractivity contribution in [1.29, 1.82) is 0 Å². The molecule has 1 saturated heterocycles. The first-order chi connectivity index (χ1) is 14.7. The van der Waals surface area contributed by atoms with Crippen LogP contribution < -0.4 is 0 Å². The van der Waals surface area contributed by atoms with Crippen LogP contribution >= 0.6 is 0 Å². The van der Waals surface area contributed by atoms with Crippen LogP contribution in [-0.2, 0) is 19.4 Å². The number of benzene rings is 2. The summed E-state index contributed by atoms with van der Waals surface area (Å²) < 4.78 is 2.50. The standard InChI is InChI=1S/C26H30N2O2/c29-21-5-3-4-17(10-21)14-28-24-7-2-1-6-22(24)23-11-19-15-27(16-20-13-26(20)30)9-8-18(19)12-25(23)28/h1-7,10,18-20,26,29-30H,8-9,11-16H2. The predicted molar refractivity (Wildman–Crippen MR) is 119 cm³/mol. The van der Waals surface area contributed by atoms with E-state index in [0.29, 0.717) is 11.7 Å². The first-order valence-corrected chi connectivity index (χ1v) is 11.4. The van der Waals surface area contributed by atoms with Crippen LogP contribution in [0.25, 0.3) is 10.9 Å². The molecular weight excluding hydrogens is 372 g/mol. The summed E-state index contributed by atoms with van der Waals surface area (Å²) in [5, 5.41) is 21.1. The van der Waals surface area contributed by atoms with Crippen molar-refractivity contribution in [2.45, 2.75) is 38.3 Å². The minimum atomic E-state index is -0.0453. The number of hydrogen-bond donors (Lipinski definition) is 2. The second kappa shape index (κ2) is 7.14. The lowest BCUT2D eigenvalue weighted by Gasteiger charge is -2.41. The van der Waals surface area contributed by atoms with E-state index in [9.17, 15) is 10.2 Å². The number of aromatic nitrogens is 1. The van der Waals surface area contributed by atoms with Gasteiger partial charge in [-0.1, -0.05) is 30.3 Å². The first-order valence-electron chi connectivity index (χ1n) is 11.4. The smallest absolute Gasteiger partial charge is 0.115 e. The van der Waals surface area contributed by atoms with Gasteiger partial charge in [0.25, 0.3) is 0 Å². The first kappa shape index (κ1) is 18.5. The Balaban J connectivity index is 1.32. The number of likely N-dealkylation sites (tertiary alicyclic amines) is 1. The summed E-state index contributed by atoms with van der Waals surface area (Å²) in [4.78, 5) is 2.61. The van der Waals surface area contributed by atoms with E-state index in [-0.39, 0.29) is 6.10 Å². The fourth-order valence-corrected chi connectivity index (χ4v) is 6.00. The number of phenolic OH excluding ortho intramolecular Hbond substituents is 1. The SMILES string of the molecule is Oc1cccc(Cn2c3c(c4ccccc42)CC2CN(CC4CC4O)CCC2C3)c1. The van der Waals surface area contributed by atoms with Crippen molar-refractivity contribution in [3.63, 3.8) is 0 Å². The molecule has 2 heterocycles. The Morgan fingerprint density at radius 3 is 2.70 bits per heavy atom. The molecule has 0 spiro atoms. The Morgan fingerprint density at radius 1 is 1.00 bits per heavy atom. The highest BCUT2D eigenvalue weighted by Crippen LogP contribution is 2.41. The topological polar surface area (TPSA) is 48.6 Å². The van der Waals surface area contributed by atoms with Gasteiger partial charge in [-0.25, -0.2) is 0 Å². The number of rotatable bonds is 4. The number of fused-ring (bicyclic) bond motifs is 4. The molecule has 2 aromatic carbocycles. The molecule has 2 N–H and O–H groups in total. The van der Waals surface area contributed by atoms with Crippen molar-refractivity contribution in [2.24, 2.45) is 17.8 Å². The molecule has 1 aliphatic heterocycles. The van der Waals surface area contributed by atoms with Gasteiger partial charge in [-0.3, -0.25) is 0 Å². The number of aromatic hydroxyl groups is 1. The zero-order chi connectivity index (χ0) is 20.2. The van der Waals surface area contributed by atoms with Crippen LogP contribution in [0.3, 0.4) is 0 Å². The van der Waals surface area contributed by atoms with Crippen LogP contribution in [-0.4, -0.2) is 45.4 Å². The van der Waals surface area contributed by atoms with Crippen molar-refractivity contribution >= 4 is 10.9 Å². The lowest BCUT2D eigenvalue weighted by atomic mass is 9.74. The summed E-state index contributed by atoms with van der Waals surface area (Å²) in [6.07, 6.45) is 4.54. The third-order valence-corrected chi connectivity index (χ3v) is 7.72. The van der Waals surface area contributed by atoms with Crippen LogP contribution in [0.1, 0.15) is 29.7 Å². The second-order valence-corrected chi connectivity index (χ2v) is 9.74. The summed E-state index contributed by atoms with van der Waals surface area (Å²) in [5.74, 6) is 2.34. The molecule has 4 heteroatoms. The van der Waals surface area contributed by atoms with Gasteiger partial charge in [-0.15, -0.1) is 0 Å². The molecule has 2 aliphatic carbocycles. The quantitative estimate of drug-likeness (QED) is 0.698. The van der Waals surface area contributed by atoms with E-state index in [1.54, 1.807) is 11.6 Å². The van der Waals surface area contributed by atoms with E-state index >= 15 is 0 Å². The fourth-order valence-electron chi connectivity index (χ4n) is 6.00. The lowest BCUT2D eigenvalue weighted by molar-refractivity contribution is 0.101. The molecule has 30 heavy (non-hydrogen) atoms. The van der Waals surface area contributed by atoms with Crippen LogP contribution in [0.15, 0.2) is 48.5 Å². The van der Waals surface area contributed by atoms with Gasteiger partial charge in [-0.05, 0) is 79.3 Å². The van der Waals surface area contributed by atoms with E-state index in [1.807, 2.05) is 12.1 Å². The maximum Gasteiger partial charge on any atom is 0.115 e. The fraction of sp³-hybridized carbons (Fsp3) is 0.462. The molecule has 3 aromatic rings. The van der Waals surface area contributed by atoms with Crippen molar-refractivity contribution in [3.8, 4) is 5.75 Å². The summed E-state index contributed by atoms with van der Waals surface area (Å²) in [5.41, 5.74) is 5.52. The monoisotopic (exact) mass is 402 g/mol. The third-order valence-electron chi connectivity index (χ3n) is 7.72. The van der Waals surface area contributed by atoms with E-state index < -0.39 is 0 Å². The molecule has 0 bridgehead atoms. The molecule has 4 unspecified atom stereocenters. The summed E-state index contributed by atoms with van der Waals surface area (Å²) in [7, 11) is 0. The zero-order valence-corrected chi connectivity index (χ0v) is 17.4. The normalized spacial score (nSPS) is 28.3.